The molecule has 1 N–H and O–H groups in total. The number of benzene rings is 2. The first-order chi connectivity index (χ1) is 13.1. The van der Waals surface area contributed by atoms with Crippen molar-refractivity contribution in [2.45, 2.75) is 6.10 Å². The minimum absolute atomic E-state index is 0.0596. The number of carbonyl (C=O) groups is 1. The molecule has 0 radical (unpaired) electrons. The van der Waals surface area contributed by atoms with E-state index < -0.39 is 4.92 Å². The first-order valence-electron chi connectivity index (χ1n) is 8.17. The SMILES string of the molecule is COc1cc(OCC(=O)NC[C@@H]2COc3ccccc3O2)ccc1[N+](=O)[O-]. The molecule has 1 amide bonds. The molecule has 2 aromatic carbocycles. The number of methoxy groups -OCH3 is 1. The number of nitro groups is 1. The largest absolute Gasteiger partial charge is 0.490 e. The lowest BCUT2D eigenvalue weighted by Gasteiger charge is -2.26. The maximum Gasteiger partial charge on any atom is 0.311 e. The smallest absolute Gasteiger partial charge is 0.311 e. The lowest BCUT2D eigenvalue weighted by Crippen LogP contribution is -2.42. The third-order valence-corrected chi connectivity index (χ3v) is 3.81. The van der Waals surface area contributed by atoms with E-state index in [4.69, 9.17) is 18.9 Å². The number of hydrogen-bond acceptors (Lipinski definition) is 7. The molecule has 0 saturated heterocycles. The Balaban J connectivity index is 1.47. The molecule has 0 unspecified atom stereocenters. The van der Waals surface area contributed by atoms with Crippen LogP contribution < -0.4 is 24.3 Å². The van der Waals surface area contributed by atoms with E-state index >= 15 is 0 Å². The third kappa shape index (κ3) is 4.57. The standard InChI is InChI=1S/C18H18N2O7/c1-24-17-8-12(6-7-14(17)20(22)23)25-11-18(21)19-9-13-10-26-15-4-2-3-5-16(15)27-13/h2-8,13H,9-11H2,1H3,(H,19,21)/t13-/m1/s1. The van der Waals surface area contributed by atoms with Crippen LogP contribution in [0.4, 0.5) is 5.69 Å². The summed E-state index contributed by atoms with van der Waals surface area (Å²) in [5.41, 5.74) is -0.177. The summed E-state index contributed by atoms with van der Waals surface area (Å²) in [6.07, 6.45) is -0.302. The Morgan fingerprint density at radius 1 is 1.30 bits per heavy atom. The molecule has 0 bridgehead atoms. The quantitative estimate of drug-likeness (QED) is 0.582. The van der Waals surface area contributed by atoms with Gasteiger partial charge in [0.15, 0.2) is 18.1 Å². The molecule has 9 heteroatoms. The maximum atomic E-state index is 12.0. The van der Waals surface area contributed by atoms with Gasteiger partial charge in [-0.25, -0.2) is 0 Å². The number of fused-ring (bicyclic) bond motifs is 1. The zero-order chi connectivity index (χ0) is 19.2. The molecular weight excluding hydrogens is 356 g/mol. The third-order valence-electron chi connectivity index (χ3n) is 3.81. The average Bonchev–Trinajstić information content (AvgIpc) is 2.70. The Labute approximate surface area is 154 Å². The summed E-state index contributed by atoms with van der Waals surface area (Å²) < 4.78 is 21.6. The van der Waals surface area contributed by atoms with Gasteiger partial charge in [-0.15, -0.1) is 0 Å². The van der Waals surface area contributed by atoms with Gasteiger partial charge in [0.25, 0.3) is 5.91 Å². The van der Waals surface area contributed by atoms with Crippen LogP contribution in [-0.2, 0) is 4.79 Å². The number of hydrogen-bond donors (Lipinski definition) is 1. The number of amides is 1. The van der Waals surface area contributed by atoms with Gasteiger partial charge in [0.2, 0.25) is 5.75 Å². The molecule has 0 spiro atoms. The zero-order valence-electron chi connectivity index (χ0n) is 14.5. The van der Waals surface area contributed by atoms with Crippen LogP contribution in [0.3, 0.4) is 0 Å². The minimum atomic E-state index is -0.556. The van der Waals surface area contributed by atoms with Crippen LogP contribution in [0.5, 0.6) is 23.0 Å². The topological polar surface area (TPSA) is 109 Å². The molecule has 142 valence electrons. The van der Waals surface area contributed by atoms with Crippen LogP contribution in [0.25, 0.3) is 0 Å². The first kappa shape index (κ1) is 18.3. The van der Waals surface area contributed by atoms with Crippen molar-refractivity contribution in [3.8, 4) is 23.0 Å². The molecule has 9 nitrogen and oxygen atoms in total. The molecule has 1 aliphatic rings. The highest BCUT2D eigenvalue weighted by atomic mass is 16.6. The Morgan fingerprint density at radius 3 is 2.81 bits per heavy atom. The lowest BCUT2D eigenvalue weighted by atomic mass is 10.2. The van der Waals surface area contributed by atoms with Crippen LogP contribution in [0.15, 0.2) is 42.5 Å². The van der Waals surface area contributed by atoms with Gasteiger partial charge in [0.1, 0.15) is 18.5 Å². The fourth-order valence-electron chi connectivity index (χ4n) is 2.49. The predicted octanol–water partition coefficient (Wildman–Crippen LogP) is 1.94. The van der Waals surface area contributed by atoms with Crippen molar-refractivity contribution in [1.29, 1.82) is 0 Å². The second kappa shape index (κ2) is 8.26. The van der Waals surface area contributed by atoms with Crippen LogP contribution in [0.2, 0.25) is 0 Å². The van der Waals surface area contributed by atoms with E-state index in [1.54, 1.807) is 6.07 Å². The molecule has 1 atom stereocenters. The van der Waals surface area contributed by atoms with Crippen molar-refractivity contribution in [3.63, 3.8) is 0 Å². The number of ether oxygens (including phenoxy) is 4. The van der Waals surface area contributed by atoms with Gasteiger partial charge in [0, 0.05) is 12.1 Å². The van der Waals surface area contributed by atoms with Crippen LogP contribution in [-0.4, -0.2) is 43.8 Å². The van der Waals surface area contributed by atoms with Crippen LogP contribution in [0.1, 0.15) is 0 Å². The van der Waals surface area contributed by atoms with E-state index in [9.17, 15) is 14.9 Å². The van der Waals surface area contributed by atoms with E-state index in [0.29, 0.717) is 23.9 Å². The Morgan fingerprint density at radius 2 is 2.07 bits per heavy atom. The zero-order valence-corrected chi connectivity index (χ0v) is 14.5. The summed E-state index contributed by atoms with van der Waals surface area (Å²) in [6, 6.07) is 11.3. The summed E-state index contributed by atoms with van der Waals surface area (Å²) in [6.45, 7) is 0.350. The predicted molar refractivity (Wildman–Crippen MR) is 94.5 cm³/mol. The molecule has 27 heavy (non-hydrogen) atoms. The minimum Gasteiger partial charge on any atom is -0.490 e. The van der Waals surface area contributed by atoms with Crippen molar-refractivity contribution in [2.75, 3.05) is 26.9 Å². The van der Waals surface area contributed by atoms with Gasteiger partial charge in [-0.1, -0.05) is 12.1 Å². The summed E-state index contributed by atoms with van der Waals surface area (Å²) in [4.78, 5) is 22.3. The second-order valence-electron chi connectivity index (χ2n) is 5.68. The van der Waals surface area contributed by atoms with Gasteiger partial charge in [-0.2, -0.15) is 0 Å². The number of carbonyl (C=O) groups excluding carboxylic acids is 1. The molecule has 1 heterocycles. The van der Waals surface area contributed by atoms with E-state index in [2.05, 4.69) is 5.32 Å². The van der Waals surface area contributed by atoms with Crippen molar-refractivity contribution in [1.82, 2.24) is 5.32 Å². The average molecular weight is 374 g/mol. The molecule has 0 fully saturated rings. The molecule has 1 aliphatic heterocycles. The summed E-state index contributed by atoms with van der Waals surface area (Å²) in [5.74, 6) is 1.31. The van der Waals surface area contributed by atoms with E-state index in [1.807, 2.05) is 18.2 Å². The highest BCUT2D eigenvalue weighted by Crippen LogP contribution is 2.31. The van der Waals surface area contributed by atoms with Gasteiger partial charge in [-0.3, -0.25) is 14.9 Å². The van der Waals surface area contributed by atoms with Gasteiger partial charge < -0.3 is 24.3 Å². The van der Waals surface area contributed by atoms with E-state index in [0.717, 1.165) is 0 Å². The highest BCUT2D eigenvalue weighted by Gasteiger charge is 2.21. The maximum absolute atomic E-state index is 12.0. The Hall–Kier alpha value is -3.49. The van der Waals surface area contributed by atoms with Gasteiger partial charge >= 0.3 is 5.69 Å². The fourth-order valence-corrected chi connectivity index (χ4v) is 2.49. The summed E-state index contributed by atoms with van der Waals surface area (Å²) in [7, 11) is 1.32. The number of nitro benzene ring substituents is 1. The van der Waals surface area contributed by atoms with Crippen molar-refractivity contribution in [2.24, 2.45) is 0 Å². The molecule has 2 aromatic rings. The van der Waals surface area contributed by atoms with Crippen molar-refractivity contribution >= 4 is 11.6 Å². The fraction of sp³-hybridized carbons (Fsp3) is 0.278. The van der Waals surface area contributed by atoms with Crippen molar-refractivity contribution in [3.05, 3.63) is 52.6 Å². The second-order valence-corrected chi connectivity index (χ2v) is 5.68. The number of nitrogens with zero attached hydrogens (tertiary/aromatic N) is 1. The Kier molecular flexibility index (Phi) is 5.60. The summed E-state index contributed by atoms with van der Waals surface area (Å²) in [5, 5.41) is 13.6. The molecular formula is C18H18N2O7. The van der Waals surface area contributed by atoms with Gasteiger partial charge in [0.05, 0.1) is 18.6 Å². The van der Waals surface area contributed by atoms with Crippen LogP contribution in [0, 0.1) is 10.1 Å². The van der Waals surface area contributed by atoms with Crippen LogP contribution >= 0.6 is 0 Å². The highest BCUT2D eigenvalue weighted by molar-refractivity contribution is 5.77. The van der Waals surface area contributed by atoms with Crippen molar-refractivity contribution < 1.29 is 28.7 Å². The van der Waals surface area contributed by atoms with Gasteiger partial charge in [-0.05, 0) is 18.2 Å². The number of rotatable bonds is 7. The number of para-hydroxylation sites is 2. The molecule has 0 saturated carbocycles. The monoisotopic (exact) mass is 374 g/mol. The van der Waals surface area contributed by atoms with E-state index in [-0.39, 0.29) is 36.6 Å². The normalized spacial score (nSPS) is 14.9. The molecule has 0 aromatic heterocycles. The molecule has 0 aliphatic carbocycles. The Bertz CT molecular complexity index is 840. The summed E-state index contributed by atoms with van der Waals surface area (Å²) >= 11 is 0. The first-order valence-corrected chi connectivity index (χ1v) is 8.17. The lowest BCUT2D eigenvalue weighted by molar-refractivity contribution is -0.385. The van der Waals surface area contributed by atoms with E-state index in [1.165, 1.54) is 25.3 Å². The molecule has 3 rings (SSSR count). The number of nitrogens with one attached hydrogen (secondary N) is 1.